The van der Waals surface area contributed by atoms with E-state index in [0.29, 0.717) is 30.0 Å². The number of aromatic nitrogens is 1. The number of hydrogen-bond donors (Lipinski definition) is 4. The van der Waals surface area contributed by atoms with E-state index in [-0.39, 0.29) is 24.3 Å². The number of nitrogens with one attached hydrogen (secondary N) is 1. The van der Waals surface area contributed by atoms with Gasteiger partial charge in [0.2, 0.25) is 5.88 Å². The van der Waals surface area contributed by atoms with Crippen molar-refractivity contribution in [1.82, 2.24) is 10.3 Å². The van der Waals surface area contributed by atoms with E-state index in [1.54, 1.807) is 30.3 Å². The molecule has 0 saturated carbocycles. The fourth-order valence-electron chi connectivity index (χ4n) is 2.67. The molecular formula is C21H24N2O5. The number of fused-ring (bicyclic) bond motifs is 1. The minimum atomic E-state index is -0.719. The third-order valence-corrected chi connectivity index (χ3v) is 4.21. The third kappa shape index (κ3) is 5.25. The fraction of sp³-hybridized carbons (Fsp3) is 0.286. The first-order valence-corrected chi connectivity index (χ1v) is 9.05. The zero-order chi connectivity index (χ0) is 19.9. The lowest BCUT2D eigenvalue weighted by Crippen LogP contribution is -2.39. The maximum Gasteiger partial charge on any atom is 0.219 e. The molecule has 0 aliphatic carbocycles. The van der Waals surface area contributed by atoms with E-state index in [4.69, 9.17) is 9.47 Å². The Morgan fingerprint density at radius 3 is 2.43 bits per heavy atom. The Morgan fingerprint density at radius 2 is 1.68 bits per heavy atom. The van der Waals surface area contributed by atoms with E-state index in [2.05, 4.69) is 10.3 Å². The number of ether oxygens (including phenoxy) is 2. The molecule has 3 rings (SSSR count). The van der Waals surface area contributed by atoms with Gasteiger partial charge in [0, 0.05) is 23.4 Å². The van der Waals surface area contributed by atoms with Gasteiger partial charge < -0.3 is 30.1 Å². The second-order valence-electron chi connectivity index (χ2n) is 6.57. The Bertz CT molecular complexity index is 901. The van der Waals surface area contributed by atoms with Gasteiger partial charge in [-0.25, -0.2) is 4.98 Å². The Balaban J connectivity index is 1.44. The smallest absolute Gasteiger partial charge is 0.219 e. The number of aliphatic hydroxyl groups is 1. The van der Waals surface area contributed by atoms with E-state index in [0.717, 1.165) is 5.39 Å². The summed E-state index contributed by atoms with van der Waals surface area (Å²) in [6.45, 7) is 2.80. The van der Waals surface area contributed by atoms with E-state index in [1.165, 1.54) is 6.20 Å². The number of phenols is 1. The van der Waals surface area contributed by atoms with E-state index >= 15 is 0 Å². The summed E-state index contributed by atoms with van der Waals surface area (Å²) >= 11 is 0. The molecule has 0 aliphatic rings. The van der Waals surface area contributed by atoms with Crippen molar-refractivity contribution in [3.8, 4) is 23.1 Å². The van der Waals surface area contributed by atoms with Gasteiger partial charge in [0.25, 0.3) is 0 Å². The summed E-state index contributed by atoms with van der Waals surface area (Å²) in [6.07, 6.45) is 0.732. The summed E-state index contributed by atoms with van der Waals surface area (Å²) in [5, 5.41) is 33.8. The molecular weight excluding hydrogens is 360 g/mol. The monoisotopic (exact) mass is 384 g/mol. The Morgan fingerprint density at radius 1 is 0.964 bits per heavy atom. The largest absolute Gasteiger partial charge is 0.508 e. The lowest BCUT2D eigenvalue weighted by Gasteiger charge is -2.18. The first-order valence-electron chi connectivity index (χ1n) is 9.05. The number of hydrogen-bond acceptors (Lipinski definition) is 7. The Hall–Kier alpha value is -3.03. The van der Waals surface area contributed by atoms with Crippen molar-refractivity contribution < 1.29 is 24.8 Å². The molecule has 0 saturated heterocycles. The fourth-order valence-corrected chi connectivity index (χ4v) is 2.67. The highest BCUT2D eigenvalue weighted by atomic mass is 16.5. The summed E-state index contributed by atoms with van der Waals surface area (Å²) in [5.74, 6) is 1.32. The predicted octanol–water partition coefficient (Wildman–Crippen LogP) is 2.44. The minimum absolute atomic E-state index is 0.0135. The van der Waals surface area contributed by atoms with Crippen LogP contribution in [0.25, 0.3) is 10.8 Å². The molecule has 148 valence electrons. The van der Waals surface area contributed by atoms with Gasteiger partial charge in [-0.1, -0.05) is 18.2 Å². The molecule has 0 spiro atoms. The van der Waals surface area contributed by atoms with Gasteiger partial charge in [-0.15, -0.1) is 0 Å². The second-order valence-corrected chi connectivity index (χ2v) is 6.57. The molecule has 1 aromatic heterocycles. The van der Waals surface area contributed by atoms with Gasteiger partial charge in [-0.3, -0.25) is 0 Å². The second kappa shape index (κ2) is 9.25. The predicted molar refractivity (Wildman–Crippen MR) is 106 cm³/mol. The standard InChI is InChI=1S/C21H24N2O5/c1-14(12-27-17-8-6-15(24)7-9-17)22-10-16(25)13-28-20-11-23-21(26)19-5-3-2-4-18(19)20/h2-9,11,14,16,22,24-25H,10,12-13H2,1H3,(H,23,26). The van der Waals surface area contributed by atoms with E-state index in [9.17, 15) is 15.3 Å². The lowest BCUT2D eigenvalue weighted by molar-refractivity contribution is 0.102. The Kier molecular flexibility index (Phi) is 6.52. The summed E-state index contributed by atoms with van der Waals surface area (Å²) in [4.78, 5) is 3.92. The lowest BCUT2D eigenvalue weighted by atomic mass is 10.1. The molecule has 2 aromatic carbocycles. The molecule has 3 aromatic rings. The first kappa shape index (κ1) is 19.7. The quantitative estimate of drug-likeness (QED) is 0.449. The highest BCUT2D eigenvalue weighted by molar-refractivity contribution is 5.91. The van der Waals surface area contributed by atoms with Crippen molar-refractivity contribution in [2.45, 2.75) is 19.1 Å². The average Bonchev–Trinajstić information content (AvgIpc) is 2.71. The first-order chi connectivity index (χ1) is 13.5. The summed E-state index contributed by atoms with van der Waals surface area (Å²) in [7, 11) is 0. The highest BCUT2D eigenvalue weighted by Gasteiger charge is 2.11. The number of nitrogens with zero attached hydrogens (tertiary/aromatic N) is 1. The maximum absolute atomic E-state index is 10.2. The van der Waals surface area contributed by atoms with Crippen LogP contribution in [0.4, 0.5) is 0 Å². The van der Waals surface area contributed by atoms with Crippen LogP contribution in [0.1, 0.15) is 6.92 Å². The van der Waals surface area contributed by atoms with Crippen LogP contribution in [-0.4, -0.2) is 52.2 Å². The van der Waals surface area contributed by atoms with Crippen LogP contribution in [-0.2, 0) is 0 Å². The number of pyridine rings is 1. The molecule has 7 nitrogen and oxygen atoms in total. The highest BCUT2D eigenvalue weighted by Crippen LogP contribution is 2.29. The molecule has 0 aliphatic heterocycles. The minimum Gasteiger partial charge on any atom is -0.508 e. The van der Waals surface area contributed by atoms with Gasteiger partial charge in [0.05, 0.1) is 6.20 Å². The van der Waals surface area contributed by atoms with E-state index in [1.807, 2.05) is 25.1 Å². The van der Waals surface area contributed by atoms with Gasteiger partial charge in [0.1, 0.15) is 36.6 Å². The molecule has 0 radical (unpaired) electrons. The van der Waals surface area contributed by atoms with Crippen LogP contribution in [0.5, 0.6) is 23.1 Å². The van der Waals surface area contributed by atoms with Crippen molar-refractivity contribution >= 4 is 10.8 Å². The van der Waals surface area contributed by atoms with Crippen molar-refractivity contribution in [2.24, 2.45) is 0 Å². The van der Waals surface area contributed by atoms with Crippen molar-refractivity contribution in [3.05, 3.63) is 54.7 Å². The summed E-state index contributed by atoms with van der Waals surface area (Å²) < 4.78 is 11.3. The average molecular weight is 384 g/mol. The zero-order valence-electron chi connectivity index (χ0n) is 15.6. The molecule has 7 heteroatoms. The van der Waals surface area contributed by atoms with Crippen LogP contribution in [0.15, 0.2) is 54.7 Å². The van der Waals surface area contributed by atoms with Crippen LogP contribution in [0, 0.1) is 0 Å². The molecule has 0 fully saturated rings. The number of rotatable bonds is 9. The van der Waals surface area contributed by atoms with Crippen molar-refractivity contribution in [2.75, 3.05) is 19.8 Å². The topological polar surface area (TPSA) is 104 Å². The molecule has 1 heterocycles. The summed E-state index contributed by atoms with van der Waals surface area (Å²) in [5.41, 5.74) is 0. The van der Waals surface area contributed by atoms with Gasteiger partial charge >= 0.3 is 0 Å². The molecule has 2 unspecified atom stereocenters. The molecule has 0 amide bonds. The number of aromatic hydroxyl groups is 2. The zero-order valence-corrected chi connectivity index (χ0v) is 15.6. The number of phenolic OH excluding ortho intramolecular Hbond substituents is 1. The van der Waals surface area contributed by atoms with Crippen LogP contribution in [0.3, 0.4) is 0 Å². The van der Waals surface area contributed by atoms with Crippen LogP contribution >= 0.6 is 0 Å². The summed E-state index contributed by atoms with van der Waals surface area (Å²) in [6, 6.07) is 13.8. The molecule has 2 atom stereocenters. The third-order valence-electron chi connectivity index (χ3n) is 4.21. The van der Waals surface area contributed by atoms with E-state index < -0.39 is 6.10 Å². The number of aliphatic hydroxyl groups excluding tert-OH is 1. The van der Waals surface area contributed by atoms with Gasteiger partial charge in [-0.2, -0.15) is 0 Å². The van der Waals surface area contributed by atoms with Crippen LogP contribution < -0.4 is 14.8 Å². The molecule has 0 bridgehead atoms. The maximum atomic E-state index is 10.2. The van der Waals surface area contributed by atoms with Crippen molar-refractivity contribution in [3.63, 3.8) is 0 Å². The van der Waals surface area contributed by atoms with Crippen molar-refractivity contribution in [1.29, 1.82) is 0 Å². The number of benzene rings is 2. The van der Waals surface area contributed by atoms with Crippen LogP contribution in [0.2, 0.25) is 0 Å². The van der Waals surface area contributed by atoms with Gasteiger partial charge in [-0.05, 0) is 37.3 Å². The Labute approximate surface area is 163 Å². The SMILES string of the molecule is CC(COc1ccc(O)cc1)NCC(O)COc1cnc(O)c2ccccc12. The molecule has 4 N–H and O–H groups in total. The normalized spacial score (nSPS) is 13.2. The molecule has 28 heavy (non-hydrogen) atoms. The van der Waals surface area contributed by atoms with Gasteiger partial charge in [0.15, 0.2) is 0 Å².